The normalized spacial score (nSPS) is 20.3. The number of nitrogens with zero attached hydrogens (tertiary/aromatic N) is 6. The number of rotatable bonds is 8. The molecule has 1 saturated heterocycles. The molecule has 44 heavy (non-hydrogen) atoms. The van der Waals surface area contributed by atoms with Gasteiger partial charge >= 0.3 is 22.2 Å². The number of imide groups is 1. The van der Waals surface area contributed by atoms with Crippen LogP contribution in [0.1, 0.15) is 103 Å². The number of hydrogen-bond acceptors (Lipinski definition) is 9. The van der Waals surface area contributed by atoms with Crippen LogP contribution in [0.15, 0.2) is 38.0 Å². The monoisotopic (exact) mass is 650 g/mol. The minimum absolute atomic E-state index is 0. The molecule has 0 unspecified atom stereocenters. The van der Waals surface area contributed by atoms with Crippen molar-refractivity contribution in [3.8, 4) is 5.88 Å². The number of morpholine rings is 1. The van der Waals surface area contributed by atoms with Gasteiger partial charge in [0.15, 0.2) is 0 Å². The Hall–Kier alpha value is -3.15. The molecule has 4 aliphatic rings. The molecule has 0 bridgehead atoms. The minimum atomic E-state index is -0.676. The van der Waals surface area contributed by atoms with Crippen LogP contribution in [0.2, 0.25) is 0 Å². The summed E-state index contributed by atoms with van der Waals surface area (Å²) < 4.78 is 7.99. The summed E-state index contributed by atoms with van der Waals surface area (Å²) in [7, 11) is 0. The first-order valence-electron chi connectivity index (χ1n) is 15.8. The third-order valence-corrected chi connectivity index (χ3v) is 9.35. The van der Waals surface area contributed by atoms with Gasteiger partial charge in [0.25, 0.3) is 17.4 Å². The quantitative estimate of drug-likeness (QED) is 0.253. The number of benzene rings is 1. The summed E-state index contributed by atoms with van der Waals surface area (Å²) in [6, 6.07) is 4.30. The van der Waals surface area contributed by atoms with Crippen molar-refractivity contribution in [3.05, 3.63) is 50.2 Å². The zero-order valence-corrected chi connectivity index (χ0v) is 25.9. The summed E-state index contributed by atoms with van der Waals surface area (Å²) in [5, 5.41) is 19.7. The molecule has 0 radical (unpaired) electrons. The predicted molar refractivity (Wildman–Crippen MR) is 159 cm³/mol. The Labute approximate surface area is 266 Å². The molecule has 1 aromatic heterocycles. The number of carbonyl (C=O) groups excluding carboxylic acids is 2. The number of hydrogen-bond donors (Lipinski definition) is 1. The summed E-state index contributed by atoms with van der Waals surface area (Å²) in [6.45, 7) is 4.06. The second kappa shape index (κ2) is 14.3. The minimum Gasteiger partial charge on any atom is -0.493 e. The molecule has 0 atom stereocenters. The molecule has 0 spiro atoms. The van der Waals surface area contributed by atoms with Crippen molar-refractivity contribution >= 4 is 23.2 Å². The average Bonchev–Trinajstić information content (AvgIpc) is 3.28. The van der Waals surface area contributed by atoms with E-state index in [-0.39, 0.29) is 63.5 Å². The first-order valence-corrected chi connectivity index (χ1v) is 15.8. The maximum atomic E-state index is 13.7. The Morgan fingerprint density at radius 1 is 0.795 bits per heavy atom. The number of ether oxygens (including phenoxy) is 1. The third kappa shape index (κ3) is 6.32. The van der Waals surface area contributed by atoms with Gasteiger partial charge in [-0.1, -0.05) is 44.6 Å². The van der Waals surface area contributed by atoms with E-state index in [9.17, 15) is 24.3 Å². The van der Waals surface area contributed by atoms with Crippen molar-refractivity contribution in [2.75, 3.05) is 39.4 Å². The molecule has 2 saturated carbocycles. The van der Waals surface area contributed by atoms with E-state index in [0.29, 0.717) is 32.5 Å². The van der Waals surface area contributed by atoms with Gasteiger partial charge in [0.2, 0.25) is 11.6 Å². The first kappa shape index (κ1) is 32.3. The van der Waals surface area contributed by atoms with E-state index in [2.05, 4.69) is 15.1 Å². The van der Waals surface area contributed by atoms with Crippen LogP contribution in [0.25, 0.3) is 0 Å². The van der Waals surface area contributed by atoms with Crippen LogP contribution in [-0.4, -0.2) is 75.2 Å². The average molecular weight is 651 g/mol. The van der Waals surface area contributed by atoms with Crippen molar-refractivity contribution in [2.45, 2.75) is 82.7 Å². The number of aromatic hydroxyl groups is 1. The molecule has 13 heteroatoms. The van der Waals surface area contributed by atoms with Gasteiger partial charge < -0.3 is 9.84 Å². The van der Waals surface area contributed by atoms with Crippen molar-refractivity contribution in [3.63, 3.8) is 0 Å². The zero-order chi connectivity index (χ0) is 29.9. The summed E-state index contributed by atoms with van der Waals surface area (Å²) in [6.07, 6.45) is 9.38. The molecular formula is C31H40N6NiO6+2. The van der Waals surface area contributed by atoms with Gasteiger partial charge in [-0.2, -0.15) is 0 Å². The predicted octanol–water partition coefficient (Wildman–Crippen LogP) is 4.46. The fraction of sp³-hybridized carbons (Fsp3) is 0.613. The molecular weight excluding hydrogens is 611 g/mol. The molecule has 1 N–H and O–H groups in total. The third-order valence-electron chi connectivity index (χ3n) is 9.35. The maximum Gasteiger partial charge on any atom is 2.00 e. The second-order valence-electron chi connectivity index (χ2n) is 12.1. The van der Waals surface area contributed by atoms with Gasteiger partial charge in [-0.15, -0.1) is 10.2 Å². The topological polar surface area (TPSA) is 139 Å². The molecule has 238 valence electrons. The van der Waals surface area contributed by atoms with E-state index in [1.807, 2.05) is 0 Å². The smallest absolute Gasteiger partial charge is 0.493 e. The van der Waals surface area contributed by atoms with E-state index in [1.165, 1.54) is 14.0 Å². The molecule has 3 heterocycles. The van der Waals surface area contributed by atoms with E-state index in [1.54, 1.807) is 18.2 Å². The van der Waals surface area contributed by atoms with Crippen LogP contribution in [0, 0.1) is 0 Å². The van der Waals surface area contributed by atoms with E-state index in [0.717, 1.165) is 71.0 Å². The molecule has 6 rings (SSSR count). The summed E-state index contributed by atoms with van der Waals surface area (Å²) in [5.41, 5.74) is -0.962. The van der Waals surface area contributed by atoms with Gasteiger partial charge in [0.1, 0.15) is 0 Å². The fourth-order valence-corrected chi connectivity index (χ4v) is 7.02. The maximum absolute atomic E-state index is 13.7. The first-order chi connectivity index (χ1) is 21.0. The van der Waals surface area contributed by atoms with Crippen LogP contribution in [0.4, 0.5) is 11.4 Å². The number of amides is 2. The molecule has 2 aliphatic carbocycles. The van der Waals surface area contributed by atoms with Gasteiger partial charge in [-0.3, -0.25) is 33.3 Å². The van der Waals surface area contributed by atoms with E-state index < -0.39 is 23.0 Å². The second-order valence-corrected chi connectivity index (χ2v) is 12.1. The summed E-state index contributed by atoms with van der Waals surface area (Å²) in [5.74, 6) is -1.32. The van der Waals surface area contributed by atoms with Gasteiger partial charge in [-0.25, -0.2) is 4.79 Å². The Morgan fingerprint density at radius 3 is 2.09 bits per heavy atom. The SMILES string of the molecule is O=C1c2cccc(N=Nc3c(O)n(C4CCCCC4)c(=O)n(C4CCCCC4)c3=O)c2C(=O)N1CCCN1CCOCC1.[Ni+2]. The van der Waals surface area contributed by atoms with Crippen molar-refractivity contribution in [1.82, 2.24) is 18.9 Å². The van der Waals surface area contributed by atoms with Crippen LogP contribution in [0.3, 0.4) is 0 Å². The Bertz CT molecular complexity index is 1520. The Morgan fingerprint density at radius 2 is 1.43 bits per heavy atom. The molecule has 2 aliphatic heterocycles. The Kier molecular flexibility index (Phi) is 10.5. The molecule has 2 aromatic rings. The van der Waals surface area contributed by atoms with Crippen molar-refractivity contribution < 1.29 is 35.9 Å². The summed E-state index contributed by atoms with van der Waals surface area (Å²) in [4.78, 5) is 57.5. The largest absolute Gasteiger partial charge is 2.00 e. The van der Waals surface area contributed by atoms with Crippen LogP contribution in [0.5, 0.6) is 5.88 Å². The van der Waals surface area contributed by atoms with Gasteiger partial charge in [-0.05, 0) is 44.2 Å². The number of aromatic nitrogens is 2. The molecule has 2 amide bonds. The number of carbonyl (C=O) groups is 2. The summed E-state index contributed by atoms with van der Waals surface area (Å²) >= 11 is 0. The number of fused-ring (bicyclic) bond motifs is 1. The van der Waals surface area contributed by atoms with Crippen molar-refractivity contribution in [1.29, 1.82) is 0 Å². The van der Waals surface area contributed by atoms with Gasteiger partial charge in [0, 0.05) is 38.3 Å². The standard InChI is InChI=1S/C31H40N6O6.Ni/c38-27-23-13-7-14-24(25(23)28(39)35(27)16-8-15-34-17-19-43-20-18-34)32-33-26-29(40)36(21-9-3-1-4-10-21)31(42)37(30(26)41)22-11-5-2-6-12-22;/h7,13-14,21-22,40H,1-6,8-12,15-20H2;/q;+2. The van der Waals surface area contributed by atoms with E-state index >= 15 is 0 Å². The van der Waals surface area contributed by atoms with Crippen LogP contribution >= 0.6 is 0 Å². The van der Waals surface area contributed by atoms with Crippen LogP contribution in [-0.2, 0) is 21.2 Å². The van der Waals surface area contributed by atoms with Crippen LogP contribution < -0.4 is 11.2 Å². The van der Waals surface area contributed by atoms with E-state index in [4.69, 9.17) is 4.74 Å². The fourth-order valence-electron chi connectivity index (χ4n) is 7.02. The molecule has 12 nitrogen and oxygen atoms in total. The van der Waals surface area contributed by atoms with Gasteiger partial charge in [0.05, 0.1) is 30.0 Å². The number of azo groups is 1. The zero-order valence-electron chi connectivity index (χ0n) is 24.9. The molecule has 1 aromatic carbocycles. The Balaban J connectivity index is 0.00000384. The molecule has 3 fully saturated rings. The van der Waals surface area contributed by atoms with Crippen molar-refractivity contribution in [2.24, 2.45) is 10.2 Å².